The minimum atomic E-state index is -0.512. The molecule has 60 valence electrons. The molecular weight excluding hydrogens is 132 g/mol. The monoisotopic (exact) mass is 146 g/mol. The SMILES string of the molecule is C[C@H](O)[C@H]1COC(C)(C)O1. The number of rotatable bonds is 1. The molecule has 0 amide bonds. The van der Waals surface area contributed by atoms with Gasteiger partial charge in [-0.05, 0) is 20.8 Å². The van der Waals surface area contributed by atoms with Crippen LogP contribution in [0.25, 0.3) is 0 Å². The lowest BCUT2D eigenvalue weighted by molar-refractivity contribution is -0.149. The van der Waals surface area contributed by atoms with E-state index >= 15 is 0 Å². The fourth-order valence-electron chi connectivity index (χ4n) is 0.953. The van der Waals surface area contributed by atoms with Gasteiger partial charge in [0.15, 0.2) is 5.79 Å². The molecule has 0 aromatic carbocycles. The average molecular weight is 146 g/mol. The first-order valence-electron chi connectivity index (χ1n) is 3.51. The smallest absolute Gasteiger partial charge is 0.163 e. The highest BCUT2D eigenvalue weighted by atomic mass is 16.7. The van der Waals surface area contributed by atoms with Crippen LogP contribution in [0, 0.1) is 0 Å². The molecule has 1 saturated heterocycles. The van der Waals surface area contributed by atoms with Crippen LogP contribution in [-0.2, 0) is 9.47 Å². The van der Waals surface area contributed by atoms with Crippen LogP contribution in [-0.4, -0.2) is 29.7 Å². The molecule has 1 N–H and O–H groups in total. The van der Waals surface area contributed by atoms with E-state index < -0.39 is 11.9 Å². The van der Waals surface area contributed by atoms with Crippen molar-refractivity contribution in [3.8, 4) is 0 Å². The Kier molecular flexibility index (Phi) is 1.99. The molecule has 1 aliphatic heterocycles. The molecule has 0 radical (unpaired) electrons. The summed E-state index contributed by atoms with van der Waals surface area (Å²) in [6.07, 6.45) is -0.600. The lowest BCUT2D eigenvalue weighted by Gasteiger charge is -2.17. The molecule has 0 unspecified atom stereocenters. The average Bonchev–Trinajstić information content (AvgIpc) is 2.10. The maximum atomic E-state index is 9.08. The van der Waals surface area contributed by atoms with E-state index in [0.717, 1.165) is 0 Å². The van der Waals surface area contributed by atoms with E-state index in [1.807, 2.05) is 13.8 Å². The van der Waals surface area contributed by atoms with Gasteiger partial charge in [0.25, 0.3) is 0 Å². The van der Waals surface area contributed by atoms with Gasteiger partial charge in [-0.3, -0.25) is 0 Å². The zero-order chi connectivity index (χ0) is 7.78. The Bertz CT molecular complexity index is 120. The largest absolute Gasteiger partial charge is 0.391 e. The fourth-order valence-corrected chi connectivity index (χ4v) is 0.953. The Morgan fingerprint density at radius 3 is 2.40 bits per heavy atom. The predicted octanol–water partition coefficient (Wildman–Crippen LogP) is 0.519. The Hall–Kier alpha value is -0.120. The minimum absolute atomic E-state index is 0.157. The molecule has 3 heteroatoms. The van der Waals surface area contributed by atoms with Crippen molar-refractivity contribution in [1.82, 2.24) is 0 Å². The highest BCUT2D eigenvalue weighted by Crippen LogP contribution is 2.23. The van der Waals surface area contributed by atoms with Gasteiger partial charge in [0.1, 0.15) is 6.10 Å². The molecule has 2 atom stereocenters. The van der Waals surface area contributed by atoms with Crippen LogP contribution in [0.3, 0.4) is 0 Å². The summed E-state index contributed by atoms with van der Waals surface area (Å²) in [4.78, 5) is 0. The van der Waals surface area contributed by atoms with Crippen LogP contribution in [0.1, 0.15) is 20.8 Å². The van der Waals surface area contributed by atoms with E-state index in [2.05, 4.69) is 0 Å². The summed E-state index contributed by atoms with van der Waals surface area (Å²) in [6, 6.07) is 0. The zero-order valence-corrected chi connectivity index (χ0v) is 6.63. The Morgan fingerprint density at radius 1 is 1.60 bits per heavy atom. The molecule has 0 spiro atoms. The lowest BCUT2D eigenvalue weighted by atomic mass is 10.2. The minimum Gasteiger partial charge on any atom is -0.391 e. The molecule has 0 aliphatic carbocycles. The molecule has 0 aromatic rings. The van der Waals surface area contributed by atoms with Crippen LogP contribution in [0.5, 0.6) is 0 Å². The van der Waals surface area contributed by atoms with Crippen molar-refractivity contribution in [2.45, 2.75) is 38.8 Å². The molecule has 10 heavy (non-hydrogen) atoms. The van der Waals surface area contributed by atoms with Crippen molar-refractivity contribution < 1.29 is 14.6 Å². The number of ether oxygens (including phenoxy) is 2. The van der Waals surface area contributed by atoms with Crippen LogP contribution >= 0.6 is 0 Å². The first-order valence-corrected chi connectivity index (χ1v) is 3.51. The highest BCUT2D eigenvalue weighted by Gasteiger charge is 2.34. The normalized spacial score (nSPS) is 34.2. The van der Waals surface area contributed by atoms with Gasteiger partial charge >= 0.3 is 0 Å². The Balaban J connectivity index is 2.43. The van der Waals surface area contributed by atoms with E-state index in [-0.39, 0.29) is 6.10 Å². The molecular formula is C7H14O3. The second-order valence-corrected chi connectivity index (χ2v) is 3.11. The van der Waals surface area contributed by atoms with E-state index in [9.17, 15) is 0 Å². The summed E-state index contributed by atoms with van der Waals surface area (Å²) in [5, 5.41) is 9.08. The van der Waals surface area contributed by atoms with Crippen LogP contribution in [0.2, 0.25) is 0 Å². The topological polar surface area (TPSA) is 38.7 Å². The third-order valence-electron chi connectivity index (χ3n) is 1.57. The van der Waals surface area contributed by atoms with Gasteiger partial charge in [0, 0.05) is 0 Å². The summed E-state index contributed by atoms with van der Waals surface area (Å²) >= 11 is 0. The molecule has 1 heterocycles. The third-order valence-corrected chi connectivity index (χ3v) is 1.57. The van der Waals surface area contributed by atoms with Gasteiger partial charge in [0.05, 0.1) is 12.7 Å². The lowest BCUT2D eigenvalue weighted by Crippen LogP contribution is -2.28. The molecule has 0 saturated carbocycles. The van der Waals surface area contributed by atoms with Crippen molar-refractivity contribution in [3.05, 3.63) is 0 Å². The van der Waals surface area contributed by atoms with Crippen LogP contribution in [0.15, 0.2) is 0 Å². The van der Waals surface area contributed by atoms with Gasteiger partial charge in [-0.25, -0.2) is 0 Å². The standard InChI is InChI=1S/C7H14O3/c1-5(8)6-4-9-7(2,3)10-6/h5-6,8H,4H2,1-3H3/t5-,6+/m0/s1. The first-order chi connectivity index (χ1) is 4.51. The summed E-state index contributed by atoms with van der Waals surface area (Å²) in [5.41, 5.74) is 0. The quantitative estimate of drug-likeness (QED) is 0.586. The van der Waals surface area contributed by atoms with E-state index in [1.54, 1.807) is 6.92 Å². The molecule has 1 rings (SSSR count). The summed E-state index contributed by atoms with van der Waals surface area (Å²) < 4.78 is 10.6. The zero-order valence-electron chi connectivity index (χ0n) is 6.63. The summed E-state index contributed by atoms with van der Waals surface area (Å²) in [6.45, 7) is 5.88. The van der Waals surface area contributed by atoms with E-state index in [4.69, 9.17) is 14.6 Å². The van der Waals surface area contributed by atoms with Gasteiger partial charge in [0.2, 0.25) is 0 Å². The van der Waals surface area contributed by atoms with Gasteiger partial charge < -0.3 is 14.6 Å². The number of aliphatic hydroxyl groups is 1. The van der Waals surface area contributed by atoms with Crippen molar-refractivity contribution >= 4 is 0 Å². The first kappa shape index (κ1) is 7.98. The van der Waals surface area contributed by atoms with Gasteiger partial charge in [-0.2, -0.15) is 0 Å². The second-order valence-electron chi connectivity index (χ2n) is 3.11. The fraction of sp³-hybridized carbons (Fsp3) is 1.00. The maximum Gasteiger partial charge on any atom is 0.163 e. The highest BCUT2D eigenvalue weighted by molar-refractivity contribution is 4.74. The van der Waals surface area contributed by atoms with Crippen molar-refractivity contribution in [2.24, 2.45) is 0 Å². The van der Waals surface area contributed by atoms with Crippen molar-refractivity contribution in [3.63, 3.8) is 0 Å². The summed E-state index contributed by atoms with van der Waals surface area (Å²) in [7, 11) is 0. The molecule has 1 aliphatic rings. The predicted molar refractivity (Wildman–Crippen MR) is 36.6 cm³/mol. The molecule has 0 bridgehead atoms. The number of hydrogen-bond acceptors (Lipinski definition) is 3. The Labute approximate surface area is 60.9 Å². The molecule has 3 nitrogen and oxygen atoms in total. The van der Waals surface area contributed by atoms with Gasteiger partial charge in [-0.15, -0.1) is 0 Å². The van der Waals surface area contributed by atoms with Gasteiger partial charge in [-0.1, -0.05) is 0 Å². The van der Waals surface area contributed by atoms with E-state index in [1.165, 1.54) is 0 Å². The van der Waals surface area contributed by atoms with Crippen LogP contribution in [0.4, 0.5) is 0 Å². The second kappa shape index (κ2) is 2.49. The van der Waals surface area contributed by atoms with Crippen molar-refractivity contribution in [1.29, 1.82) is 0 Å². The maximum absolute atomic E-state index is 9.08. The van der Waals surface area contributed by atoms with E-state index in [0.29, 0.717) is 6.61 Å². The number of hydrogen-bond donors (Lipinski definition) is 1. The van der Waals surface area contributed by atoms with Crippen molar-refractivity contribution in [2.75, 3.05) is 6.61 Å². The summed E-state index contributed by atoms with van der Waals surface area (Å²) in [5.74, 6) is -0.512. The Morgan fingerprint density at radius 2 is 2.20 bits per heavy atom. The molecule has 1 fully saturated rings. The number of aliphatic hydroxyl groups excluding tert-OH is 1. The van der Waals surface area contributed by atoms with Crippen LogP contribution < -0.4 is 0 Å². The third kappa shape index (κ3) is 1.68. The molecule has 0 aromatic heterocycles.